The Morgan fingerprint density at radius 2 is 2.16 bits per heavy atom. The van der Waals surface area contributed by atoms with Crippen LogP contribution in [0.2, 0.25) is 10.0 Å². The number of nitrogens with one attached hydrogen (secondary N) is 2. The Kier molecular flexibility index (Phi) is 6.99. The quantitative estimate of drug-likeness (QED) is 0.702. The highest BCUT2D eigenvalue weighted by atomic mass is 35.5. The van der Waals surface area contributed by atoms with Crippen LogP contribution in [-0.4, -0.2) is 23.8 Å². The van der Waals surface area contributed by atoms with E-state index in [1.807, 2.05) is 6.92 Å². The van der Waals surface area contributed by atoms with Gasteiger partial charge in [-0.05, 0) is 37.5 Å². The molecule has 106 valence electrons. The summed E-state index contributed by atoms with van der Waals surface area (Å²) >= 11 is 11.7. The molecule has 0 fully saturated rings. The number of carbonyl (C=O) groups excluding carboxylic acids is 1. The molecule has 4 nitrogen and oxygen atoms in total. The standard InChI is InChI=1S/C13H18Cl2N2O2/c1-2-10(18)4-3-7-16-13(19)17-12-8-9(14)5-6-11(12)15/h5-6,8,10,18H,2-4,7H2,1H3,(H2,16,17,19)/t10-/m1/s1. The molecule has 19 heavy (non-hydrogen) atoms. The van der Waals surface area contributed by atoms with Gasteiger partial charge in [-0.15, -0.1) is 0 Å². The molecular formula is C13H18Cl2N2O2. The summed E-state index contributed by atoms with van der Waals surface area (Å²) in [6.07, 6.45) is 1.83. The van der Waals surface area contributed by atoms with E-state index in [0.717, 1.165) is 12.8 Å². The molecule has 1 aromatic rings. The monoisotopic (exact) mass is 304 g/mol. The van der Waals surface area contributed by atoms with Crippen molar-refractivity contribution in [3.05, 3.63) is 28.2 Å². The zero-order valence-electron chi connectivity index (χ0n) is 10.7. The zero-order chi connectivity index (χ0) is 14.3. The third-order valence-corrected chi connectivity index (χ3v) is 3.21. The van der Waals surface area contributed by atoms with E-state index in [0.29, 0.717) is 28.7 Å². The third-order valence-electron chi connectivity index (χ3n) is 2.65. The molecule has 0 heterocycles. The molecule has 0 saturated carbocycles. The molecule has 0 saturated heterocycles. The van der Waals surface area contributed by atoms with Crippen molar-refractivity contribution in [2.24, 2.45) is 0 Å². The van der Waals surface area contributed by atoms with E-state index in [4.69, 9.17) is 23.2 Å². The van der Waals surface area contributed by atoms with Gasteiger partial charge in [0, 0.05) is 11.6 Å². The maximum atomic E-state index is 11.6. The third kappa shape index (κ3) is 6.14. The van der Waals surface area contributed by atoms with Crippen molar-refractivity contribution in [3.8, 4) is 0 Å². The van der Waals surface area contributed by atoms with E-state index in [9.17, 15) is 9.90 Å². The van der Waals surface area contributed by atoms with E-state index in [-0.39, 0.29) is 12.1 Å². The van der Waals surface area contributed by atoms with Crippen LogP contribution in [0, 0.1) is 0 Å². The van der Waals surface area contributed by atoms with Crippen LogP contribution in [0.1, 0.15) is 26.2 Å². The maximum absolute atomic E-state index is 11.6. The van der Waals surface area contributed by atoms with Crippen LogP contribution >= 0.6 is 23.2 Å². The van der Waals surface area contributed by atoms with Crippen LogP contribution < -0.4 is 10.6 Å². The molecule has 1 atom stereocenters. The molecule has 0 aliphatic carbocycles. The van der Waals surface area contributed by atoms with Gasteiger partial charge in [0.25, 0.3) is 0 Å². The van der Waals surface area contributed by atoms with Gasteiger partial charge in [-0.2, -0.15) is 0 Å². The van der Waals surface area contributed by atoms with Crippen molar-refractivity contribution >= 4 is 34.9 Å². The number of halogens is 2. The zero-order valence-corrected chi connectivity index (χ0v) is 12.3. The van der Waals surface area contributed by atoms with Crippen molar-refractivity contribution in [1.29, 1.82) is 0 Å². The number of aliphatic hydroxyl groups is 1. The topological polar surface area (TPSA) is 61.4 Å². The van der Waals surface area contributed by atoms with Crippen LogP contribution in [0.4, 0.5) is 10.5 Å². The van der Waals surface area contributed by atoms with Crippen LogP contribution in [0.5, 0.6) is 0 Å². The summed E-state index contributed by atoms with van der Waals surface area (Å²) in [6.45, 7) is 2.42. The molecule has 0 aliphatic rings. The second-order valence-corrected chi connectivity index (χ2v) is 5.05. The van der Waals surface area contributed by atoms with Crippen LogP contribution in [-0.2, 0) is 0 Å². The predicted molar refractivity (Wildman–Crippen MR) is 79.0 cm³/mol. The number of aliphatic hydroxyl groups excluding tert-OH is 1. The lowest BCUT2D eigenvalue weighted by Gasteiger charge is -2.10. The SMILES string of the molecule is CC[C@@H](O)CCCNC(=O)Nc1cc(Cl)ccc1Cl. The van der Waals surface area contributed by atoms with Gasteiger partial charge in [-0.1, -0.05) is 30.1 Å². The molecular weight excluding hydrogens is 287 g/mol. The van der Waals surface area contributed by atoms with Crippen molar-refractivity contribution in [1.82, 2.24) is 5.32 Å². The Balaban J connectivity index is 2.33. The van der Waals surface area contributed by atoms with Gasteiger partial charge in [0.15, 0.2) is 0 Å². The minimum absolute atomic E-state index is 0.299. The first kappa shape index (κ1) is 16.1. The molecule has 1 rings (SSSR count). The Hall–Kier alpha value is -0.970. The van der Waals surface area contributed by atoms with E-state index < -0.39 is 0 Å². The first-order valence-electron chi connectivity index (χ1n) is 6.21. The number of carbonyl (C=O) groups is 1. The maximum Gasteiger partial charge on any atom is 0.319 e. The molecule has 6 heteroatoms. The predicted octanol–water partition coefficient (Wildman–Crippen LogP) is 3.67. The van der Waals surface area contributed by atoms with Gasteiger partial charge in [0.1, 0.15) is 0 Å². The summed E-state index contributed by atoms with van der Waals surface area (Å²) < 4.78 is 0. The second-order valence-electron chi connectivity index (χ2n) is 4.21. The second kappa shape index (κ2) is 8.25. The number of amides is 2. The molecule has 0 unspecified atom stereocenters. The fraction of sp³-hybridized carbons (Fsp3) is 0.462. The Morgan fingerprint density at radius 1 is 1.42 bits per heavy atom. The average Bonchev–Trinajstić information content (AvgIpc) is 2.38. The van der Waals surface area contributed by atoms with Gasteiger partial charge >= 0.3 is 6.03 Å². The van der Waals surface area contributed by atoms with E-state index >= 15 is 0 Å². The summed E-state index contributed by atoms with van der Waals surface area (Å²) in [7, 11) is 0. The average molecular weight is 305 g/mol. The highest BCUT2D eigenvalue weighted by Crippen LogP contribution is 2.25. The van der Waals surface area contributed by atoms with Crippen LogP contribution in [0.25, 0.3) is 0 Å². The van der Waals surface area contributed by atoms with E-state index in [1.54, 1.807) is 18.2 Å². The number of benzene rings is 1. The van der Waals surface area contributed by atoms with Crippen molar-refractivity contribution in [2.45, 2.75) is 32.3 Å². The summed E-state index contributed by atoms with van der Waals surface area (Å²) in [5, 5.41) is 15.6. The summed E-state index contributed by atoms with van der Waals surface area (Å²) in [5.74, 6) is 0. The van der Waals surface area contributed by atoms with E-state index in [1.165, 1.54) is 0 Å². The number of hydrogen-bond donors (Lipinski definition) is 3. The number of hydrogen-bond acceptors (Lipinski definition) is 2. The van der Waals surface area contributed by atoms with E-state index in [2.05, 4.69) is 10.6 Å². The summed E-state index contributed by atoms with van der Waals surface area (Å²) in [4.78, 5) is 11.6. The van der Waals surface area contributed by atoms with Crippen molar-refractivity contribution in [2.75, 3.05) is 11.9 Å². The minimum atomic E-state index is -0.338. The first-order valence-corrected chi connectivity index (χ1v) is 6.96. The van der Waals surface area contributed by atoms with Gasteiger partial charge in [-0.3, -0.25) is 0 Å². The molecule has 0 spiro atoms. The highest BCUT2D eigenvalue weighted by molar-refractivity contribution is 6.35. The molecule has 2 amide bonds. The lowest BCUT2D eigenvalue weighted by molar-refractivity contribution is 0.157. The van der Waals surface area contributed by atoms with Crippen LogP contribution in [0.3, 0.4) is 0 Å². The number of anilines is 1. The molecule has 0 bridgehead atoms. The van der Waals surface area contributed by atoms with Crippen LogP contribution in [0.15, 0.2) is 18.2 Å². The van der Waals surface area contributed by atoms with Gasteiger partial charge < -0.3 is 15.7 Å². The molecule has 3 N–H and O–H groups in total. The smallest absolute Gasteiger partial charge is 0.319 e. The van der Waals surface area contributed by atoms with Gasteiger partial charge in [-0.25, -0.2) is 4.79 Å². The fourth-order valence-corrected chi connectivity index (χ4v) is 1.84. The lowest BCUT2D eigenvalue weighted by Crippen LogP contribution is -2.30. The normalized spacial score (nSPS) is 12.0. The number of urea groups is 1. The lowest BCUT2D eigenvalue weighted by atomic mass is 10.1. The highest BCUT2D eigenvalue weighted by Gasteiger charge is 2.06. The van der Waals surface area contributed by atoms with Crippen molar-refractivity contribution in [3.63, 3.8) is 0 Å². The Bertz CT molecular complexity index is 427. The summed E-state index contributed by atoms with van der Waals surface area (Å²) in [5.41, 5.74) is 0.472. The minimum Gasteiger partial charge on any atom is -0.393 e. The Morgan fingerprint density at radius 3 is 2.84 bits per heavy atom. The molecule has 1 aromatic carbocycles. The molecule has 0 aliphatic heterocycles. The largest absolute Gasteiger partial charge is 0.393 e. The summed E-state index contributed by atoms with van der Waals surface area (Å²) in [6, 6.07) is 4.52. The molecule has 0 aromatic heterocycles. The fourth-order valence-electron chi connectivity index (χ4n) is 1.50. The molecule has 0 radical (unpaired) electrons. The Labute approximate surface area is 123 Å². The van der Waals surface area contributed by atoms with Crippen molar-refractivity contribution < 1.29 is 9.90 Å². The van der Waals surface area contributed by atoms with Gasteiger partial charge in [0.05, 0.1) is 16.8 Å². The number of rotatable bonds is 6. The van der Waals surface area contributed by atoms with Gasteiger partial charge in [0.2, 0.25) is 0 Å². The first-order chi connectivity index (χ1) is 9.02.